The molecule has 25 heavy (non-hydrogen) atoms. The monoisotopic (exact) mass is 340 g/mol. The maximum Gasteiger partial charge on any atom is 0.160 e. The first-order valence-corrected chi connectivity index (χ1v) is 8.97. The highest BCUT2D eigenvalue weighted by Crippen LogP contribution is 2.27. The van der Waals surface area contributed by atoms with E-state index in [9.17, 15) is 5.11 Å². The second kappa shape index (κ2) is 7.79. The Hall–Kier alpha value is -2.20. The Bertz CT molecular complexity index is 730. The van der Waals surface area contributed by atoms with E-state index in [1.807, 2.05) is 12.1 Å². The predicted molar refractivity (Wildman–Crippen MR) is 102 cm³/mol. The van der Waals surface area contributed by atoms with E-state index in [2.05, 4.69) is 42.3 Å². The second-order valence-corrected chi connectivity index (χ2v) is 7.02. The van der Waals surface area contributed by atoms with E-state index < -0.39 is 0 Å². The van der Waals surface area contributed by atoms with E-state index in [0.717, 1.165) is 25.2 Å². The molecule has 1 unspecified atom stereocenters. The van der Waals surface area contributed by atoms with Gasteiger partial charge in [-0.15, -0.1) is 0 Å². The number of aryl methyl sites for hydroxylation is 2. The molecule has 1 heterocycles. The van der Waals surface area contributed by atoms with Crippen molar-refractivity contribution >= 4 is 5.69 Å². The molecule has 0 radical (unpaired) electrons. The lowest BCUT2D eigenvalue weighted by atomic mass is 10.0. The fourth-order valence-electron chi connectivity index (χ4n) is 3.48. The van der Waals surface area contributed by atoms with Crippen molar-refractivity contribution in [2.24, 2.45) is 0 Å². The molecule has 1 aliphatic rings. The van der Waals surface area contributed by atoms with Gasteiger partial charge in [-0.3, -0.25) is 4.90 Å². The minimum atomic E-state index is 0.210. The number of hydrogen-bond acceptors (Lipinski definition) is 4. The second-order valence-electron chi connectivity index (χ2n) is 7.02. The third kappa shape index (κ3) is 4.45. The Morgan fingerprint density at radius 1 is 1.16 bits per heavy atom. The van der Waals surface area contributed by atoms with Crippen LogP contribution in [-0.4, -0.2) is 36.2 Å². The summed E-state index contributed by atoms with van der Waals surface area (Å²) in [4.78, 5) is 2.45. The van der Waals surface area contributed by atoms with Crippen LogP contribution in [0.2, 0.25) is 0 Å². The molecular weight excluding hydrogens is 312 g/mol. The van der Waals surface area contributed by atoms with E-state index in [1.54, 1.807) is 13.2 Å². The lowest BCUT2D eigenvalue weighted by molar-refractivity contribution is 0.208. The summed E-state index contributed by atoms with van der Waals surface area (Å²) in [7, 11) is 1.57. The Labute approximate surface area is 150 Å². The first kappa shape index (κ1) is 17.6. The fraction of sp³-hybridized carbons (Fsp3) is 0.429. The van der Waals surface area contributed by atoms with Crippen LogP contribution >= 0.6 is 0 Å². The lowest BCUT2D eigenvalue weighted by Gasteiger charge is -2.34. The number of piperidine rings is 1. The third-order valence-electron chi connectivity index (χ3n) is 5.03. The molecule has 2 aromatic carbocycles. The molecule has 4 heteroatoms. The van der Waals surface area contributed by atoms with Crippen LogP contribution < -0.4 is 10.1 Å². The standard InChI is InChI=1S/C21H28N2O2/c1-15-6-8-18(11-16(15)2)22-19-5-4-10-23(14-19)13-17-7-9-21(25-3)20(24)12-17/h6-9,11-12,19,22,24H,4-5,10,13-14H2,1-3H3. The zero-order chi connectivity index (χ0) is 17.8. The number of ether oxygens (including phenoxy) is 1. The summed E-state index contributed by atoms with van der Waals surface area (Å²) in [5.41, 5.74) is 4.98. The summed E-state index contributed by atoms with van der Waals surface area (Å²) in [6.45, 7) is 7.26. The van der Waals surface area contributed by atoms with Gasteiger partial charge in [-0.1, -0.05) is 12.1 Å². The molecule has 0 amide bonds. The van der Waals surface area contributed by atoms with Crippen molar-refractivity contribution in [2.75, 3.05) is 25.5 Å². The average molecular weight is 340 g/mol. The van der Waals surface area contributed by atoms with E-state index in [4.69, 9.17) is 4.74 Å². The first-order valence-electron chi connectivity index (χ1n) is 8.97. The summed E-state index contributed by atoms with van der Waals surface area (Å²) >= 11 is 0. The van der Waals surface area contributed by atoms with Crippen molar-refractivity contribution in [3.8, 4) is 11.5 Å². The number of aromatic hydroxyl groups is 1. The van der Waals surface area contributed by atoms with Crippen molar-refractivity contribution in [2.45, 2.75) is 39.3 Å². The maximum absolute atomic E-state index is 9.96. The molecule has 1 fully saturated rings. The molecule has 4 nitrogen and oxygen atoms in total. The van der Waals surface area contributed by atoms with Crippen LogP contribution in [0.4, 0.5) is 5.69 Å². The minimum absolute atomic E-state index is 0.210. The smallest absolute Gasteiger partial charge is 0.160 e. The van der Waals surface area contributed by atoms with Gasteiger partial charge in [0.05, 0.1) is 7.11 Å². The van der Waals surface area contributed by atoms with Gasteiger partial charge in [-0.2, -0.15) is 0 Å². The number of phenols is 1. The largest absolute Gasteiger partial charge is 0.504 e. The van der Waals surface area contributed by atoms with Gasteiger partial charge in [0.15, 0.2) is 11.5 Å². The SMILES string of the molecule is COc1ccc(CN2CCCC(Nc3ccc(C)c(C)c3)C2)cc1O. The van der Waals surface area contributed by atoms with Crippen LogP contribution in [0.1, 0.15) is 29.5 Å². The molecule has 3 rings (SSSR count). The van der Waals surface area contributed by atoms with Crippen LogP contribution in [0.3, 0.4) is 0 Å². The number of benzene rings is 2. The quantitative estimate of drug-likeness (QED) is 0.860. The Kier molecular flexibility index (Phi) is 5.49. The molecule has 0 aliphatic carbocycles. The van der Waals surface area contributed by atoms with Crippen molar-refractivity contribution < 1.29 is 9.84 Å². The van der Waals surface area contributed by atoms with Crippen LogP contribution in [0, 0.1) is 13.8 Å². The Morgan fingerprint density at radius 3 is 2.72 bits per heavy atom. The van der Waals surface area contributed by atoms with Crippen molar-refractivity contribution in [1.82, 2.24) is 4.90 Å². The number of rotatable bonds is 5. The van der Waals surface area contributed by atoms with Gasteiger partial charge >= 0.3 is 0 Å². The summed E-state index contributed by atoms with van der Waals surface area (Å²) in [6, 6.07) is 12.7. The highest BCUT2D eigenvalue weighted by molar-refractivity contribution is 5.49. The molecule has 0 aromatic heterocycles. The minimum Gasteiger partial charge on any atom is -0.504 e. The normalized spacial score (nSPS) is 18.1. The lowest BCUT2D eigenvalue weighted by Crippen LogP contribution is -2.41. The summed E-state index contributed by atoms with van der Waals surface area (Å²) in [5.74, 6) is 0.735. The van der Waals surface area contributed by atoms with Crippen molar-refractivity contribution in [3.63, 3.8) is 0 Å². The van der Waals surface area contributed by atoms with Gasteiger partial charge in [0, 0.05) is 24.8 Å². The molecular formula is C21H28N2O2. The zero-order valence-electron chi connectivity index (χ0n) is 15.4. The topological polar surface area (TPSA) is 44.7 Å². The number of methoxy groups -OCH3 is 1. The summed E-state index contributed by atoms with van der Waals surface area (Å²) in [5, 5.41) is 13.6. The molecule has 2 aromatic rings. The number of likely N-dealkylation sites (tertiary alicyclic amines) is 1. The Balaban J connectivity index is 1.61. The van der Waals surface area contributed by atoms with Gasteiger partial charge in [0.1, 0.15) is 0 Å². The number of anilines is 1. The number of hydrogen-bond donors (Lipinski definition) is 2. The van der Waals surface area contributed by atoms with Crippen LogP contribution in [0.25, 0.3) is 0 Å². The molecule has 1 atom stereocenters. The van der Waals surface area contributed by atoms with Gasteiger partial charge in [-0.05, 0) is 74.2 Å². The fourth-order valence-corrected chi connectivity index (χ4v) is 3.48. The van der Waals surface area contributed by atoms with Gasteiger partial charge in [0.2, 0.25) is 0 Å². The molecule has 0 saturated carbocycles. The van der Waals surface area contributed by atoms with E-state index >= 15 is 0 Å². The number of nitrogens with zero attached hydrogens (tertiary/aromatic N) is 1. The first-order chi connectivity index (χ1) is 12.0. The zero-order valence-corrected chi connectivity index (χ0v) is 15.4. The van der Waals surface area contributed by atoms with Gasteiger partial charge in [0.25, 0.3) is 0 Å². The van der Waals surface area contributed by atoms with Crippen molar-refractivity contribution in [1.29, 1.82) is 0 Å². The molecule has 1 aliphatic heterocycles. The van der Waals surface area contributed by atoms with Gasteiger partial charge in [-0.25, -0.2) is 0 Å². The van der Waals surface area contributed by atoms with E-state index in [1.165, 1.54) is 29.7 Å². The molecule has 0 spiro atoms. The van der Waals surface area contributed by atoms with E-state index in [-0.39, 0.29) is 5.75 Å². The molecule has 2 N–H and O–H groups in total. The molecule has 0 bridgehead atoms. The summed E-state index contributed by atoms with van der Waals surface area (Å²) in [6.07, 6.45) is 2.38. The van der Waals surface area contributed by atoms with Gasteiger partial charge < -0.3 is 15.2 Å². The molecule has 1 saturated heterocycles. The van der Waals surface area contributed by atoms with Crippen LogP contribution in [0.15, 0.2) is 36.4 Å². The maximum atomic E-state index is 9.96. The number of nitrogens with one attached hydrogen (secondary N) is 1. The summed E-state index contributed by atoms with van der Waals surface area (Å²) < 4.78 is 5.12. The van der Waals surface area contributed by atoms with Crippen LogP contribution in [0.5, 0.6) is 11.5 Å². The highest BCUT2D eigenvalue weighted by Gasteiger charge is 2.20. The third-order valence-corrected chi connectivity index (χ3v) is 5.03. The molecule has 134 valence electrons. The highest BCUT2D eigenvalue weighted by atomic mass is 16.5. The van der Waals surface area contributed by atoms with E-state index in [0.29, 0.717) is 11.8 Å². The van der Waals surface area contributed by atoms with Crippen LogP contribution in [-0.2, 0) is 6.54 Å². The van der Waals surface area contributed by atoms with Crippen molar-refractivity contribution in [3.05, 3.63) is 53.1 Å². The number of phenolic OH excluding ortho intramolecular Hbond substituents is 1. The average Bonchev–Trinajstić information content (AvgIpc) is 2.59. The predicted octanol–water partition coefficient (Wildman–Crippen LogP) is 4.09. The Morgan fingerprint density at radius 2 is 2.00 bits per heavy atom.